The fourth-order valence-corrected chi connectivity index (χ4v) is 3.86. The van der Waals surface area contributed by atoms with Gasteiger partial charge in [-0.2, -0.15) is 5.10 Å². The highest BCUT2D eigenvalue weighted by molar-refractivity contribution is 5.76. The molecule has 2 aromatic heterocycles. The lowest BCUT2D eigenvalue weighted by Crippen LogP contribution is -2.37. The van der Waals surface area contributed by atoms with E-state index in [-0.39, 0.29) is 17.7 Å². The highest BCUT2D eigenvalue weighted by atomic mass is 19.1. The molecule has 0 unspecified atom stereocenters. The van der Waals surface area contributed by atoms with Crippen molar-refractivity contribution in [2.45, 2.75) is 40.5 Å². The number of carbonyl (C=O) groups excluding carboxylic acids is 1. The van der Waals surface area contributed by atoms with Gasteiger partial charge in [-0.3, -0.25) is 4.79 Å². The molecule has 30 heavy (non-hydrogen) atoms. The largest absolute Gasteiger partial charge is 0.466 e. The van der Waals surface area contributed by atoms with Crippen molar-refractivity contribution in [1.29, 1.82) is 0 Å². The van der Waals surface area contributed by atoms with E-state index in [4.69, 9.17) is 9.72 Å². The summed E-state index contributed by atoms with van der Waals surface area (Å²) in [5.74, 6) is 0.344. The zero-order valence-corrected chi connectivity index (χ0v) is 18.1. The van der Waals surface area contributed by atoms with Gasteiger partial charge in [0.05, 0.1) is 30.1 Å². The van der Waals surface area contributed by atoms with E-state index in [1.807, 2.05) is 33.8 Å². The zero-order valence-electron chi connectivity index (χ0n) is 18.1. The van der Waals surface area contributed by atoms with Gasteiger partial charge in [-0.1, -0.05) is 26.0 Å². The fourth-order valence-electron chi connectivity index (χ4n) is 3.86. The molecule has 3 aromatic rings. The van der Waals surface area contributed by atoms with Crippen LogP contribution in [0.25, 0.3) is 16.8 Å². The molecule has 1 fully saturated rings. The van der Waals surface area contributed by atoms with E-state index < -0.39 is 0 Å². The molecule has 0 amide bonds. The van der Waals surface area contributed by atoms with Crippen molar-refractivity contribution >= 4 is 17.3 Å². The molecule has 0 N–H and O–H groups in total. The number of esters is 1. The van der Waals surface area contributed by atoms with Crippen LogP contribution in [0.3, 0.4) is 0 Å². The van der Waals surface area contributed by atoms with E-state index in [9.17, 15) is 9.18 Å². The number of anilines is 1. The predicted octanol–water partition coefficient (Wildman–Crippen LogP) is 4.65. The standard InChI is InChI=1S/C21H23FN4O2.C2H6/c1-3-28-21(27)15-9-12-25(13-10-15)20-18-8-11-23-26(18)19(14(2)24-20)16-6-4-5-7-17(16)22;1-2/h4-8,11,15H,3,9-10,12-13H2,1-2H3;1-2H3. The molecule has 1 aliphatic rings. The van der Waals surface area contributed by atoms with Crippen LogP contribution < -0.4 is 4.90 Å². The quantitative estimate of drug-likeness (QED) is 0.584. The van der Waals surface area contributed by atoms with Gasteiger partial charge in [0.15, 0.2) is 5.82 Å². The van der Waals surface area contributed by atoms with Crippen molar-refractivity contribution in [1.82, 2.24) is 14.6 Å². The number of halogens is 1. The maximum atomic E-state index is 14.4. The summed E-state index contributed by atoms with van der Waals surface area (Å²) in [5.41, 5.74) is 2.68. The lowest BCUT2D eigenvalue weighted by molar-refractivity contribution is -0.148. The van der Waals surface area contributed by atoms with E-state index in [1.54, 1.807) is 28.9 Å². The van der Waals surface area contributed by atoms with Crippen LogP contribution in [0.4, 0.5) is 10.2 Å². The summed E-state index contributed by atoms with van der Waals surface area (Å²) < 4.78 is 21.3. The Hall–Kier alpha value is -2.96. The number of rotatable bonds is 4. The monoisotopic (exact) mass is 412 g/mol. The number of hydrogen-bond donors (Lipinski definition) is 0. The summed E-state index contributed by atoms with van der Waals surface area (Å²) in [6.45, 7) is 9.55. The second kappa shape index (κ2) is 9.69. The average Bonchev–Trinajstić information content (AvgIpc) is 3.25. The summed E-state index contributed by atoms with van der Waals surface area (Å²) >= 11 is 0. The van der Waals surface area contributed by atoms with Gasteiger partial charge in [0.2, 0.25) is 0 Å². The molecule has 1 aromatic carbocycles. The Morgan fingerprint density at radius 3 is 2.57 bits per heavy atom. The predicted molar refractivity (Wildman–Crippen MR) is 116 cm³/mol. The molecule has 3 heterocycles. The lowest BCUT2D eigenvalue weighted by Gasteiger charge is -2.32. The number of nitrogens with zero attached hydrogens (tertiary/aromatic N) is 4. The van der Waals surface area contributed by atoms with Crippen molar-refractivity contribution in [3.63, 3.8) is 0 Å². The van der Waals surface area contributed by atoms with Gasteiger partial charge < -0.3 is 9.64 Å². The molecule has 0 radical (unpaired) electrons. The number of piperidine rings is 1. The molecule has 160 valence electrons. The zero-order chi connectivity index (χ0) is 21.7. The molecule has 0 spiro atoms. The first kappa shape index (κ1) is 21.7. The van der Waals surface area contributed by atoms with Crippen molar-refractivity contribution in [2.24, 2.45) is 5.92 Å². The maximum absolute atomic E-state index is 14.4. The van der Waals surface area contributed by atoms with Crippen LogP contribution >= 0.6 is 0 Å². The van der Waals surface area contributed by atoms with E-state index >= 15 is 0 Å². The summed E-state index contributed by atoms with van der Waals surface area (Å²) in [6.07, 6.45) is 3.17. The summed E-state index contributed by atoms with van der Waals surface area (Å²) in [4.78, 5) is 19.0. The highest BCUT2D eigenvalue weighted by Crippen LogP contribution is 2.32. The molecule has 0 aliphatic carbocycles. The van der Waals surface area contributed by atoms with Crippen molar-refractivity contribution < 1.29 is 13.9 Å². The average molecular weight is 413 g/mol. The van der Waals surface area contributed by atoms with Gasteiger partial charge >= 0.3 is 5.97 Å². The molecular weight excluding hydrogens is 383 g/mol. The smallest absolute Gasteiger partial charge is 0.309 e. The minimum absolute atomic E-state index is 0.0593. The Kier molecular flexibility index (Phi) is 7.03. The van der Waals surface area contributed by atoms with E-state index in [0.717, 1.165) is 37.3 Å². The normalized spacial score (nSPS) is 14.4. The number of ether oxygens (including phenoxy) is 1. The van der Waals surface area contributed by atoms with Gasteiger partial charge in [-0.25, -0.2) is 13.9 Å². The van der Waals surface area contributed by atoms with E-state index in [1.165, 1.54) is 6.07 Å². The summed E-state index contributed by atoms with van der Waals surface area (Å²) in [6, 6.07) is 8.55. The van der Waals surface area contributed by atoms with Gasteiger partial charge in [-0.15, -0.1) is 0 Å². The summed E-state index contributed by atoms with van der Waals surface area (Å²) in [7, 11) is 0. The van der Waals surface area contributed by atoms with Crippen LogP contribution in [-0.2, 0) is 9.53 Å². The Morgan fingerprint density at radius 2 is 1.90 bits per heavy atom. The van der Waals surface area contributed by atoms with Crippen molar-refractivity contribution in [3.8, 4) is 11.3 Å². The van der Waals surface area contributed by atoms with Gasteiger partial charge in [-0.05, 0) is 44.9 Å². The molecular formula is C23H29FN4O2. The summed E-state index contributed by atoms with van der Waals surface area (Å²) in [5, 5.41) is 4.43. The molecule has 1 saturated heterocycles. The number of carbonyl (C=O) groups is 1. The van der Waals surface area contributed by atoms with Crippen LogP contribution in [0.1, 0.15) is 39.3 Å². The van der Waals surface area contributed by atoms with E-state index in [2.05, 4.69) is 10.00 Å². The minimum Gasteiger partial charge on any atom is -0.466 e. The van der Waals surface area contributed by atoms with Crippen molar-refractivity contribution in [2.75, 3.05) is 24.6 Å². The first-order valence-corrected chi connectivity index (χ1v) is 10.6. The molecule has 1 aliphatic heterocycles. The fraction of sp³-hybridized carbons (Fsp3) is 0.435. The number of fused-ring (bicyclic) bond motifs is 1. The first-order chi connectivity index (χ1) is 14.6. The van der Waals surface area contributed by atoms with Crippen LogP contribution in [0.2, 0.25) is 0 Å². The van der Waals surface area contributed by atoms with Crippen LogP contribution in [0.15, 0.2) is 36.5 Å². The topological polar surface area (TPSA) is 59.7 Å². The number of hydrogen-bond acceptors (Lipinski definition) is 5. The molecule has 7 heteroatoms. The Labute approximate surface area is 176 Å². The number of benzene rings is 1. The Balaban J connectivity index is 0.00000124. The highest BCUT2D eigenvalue weighted by Gasteiger charge is 2.28. The van der Waals surface area contributed by atoms with Gasteiger partial charge in [0.1, 0.15) is 11.3 Å². The third-order valence-electron chi connectivity index (χ3n) is 5.24. The van der Waals surface area contributed by atoms with Gasteiger partial charge in [0, 0.05) is 18.7 Å². The first-order valence-electron chi connectivity index (χ1n) is 10.6. The van der Waals surface area contributed by atoms with Gasteiger partial charge in [0.25, 0.3) is 0 Å². The van der Waals surface area contributed by atoms with Crippen molar-refractivity contribution in [3.05, 3.63) is 48.0 Å². The Bertz CT molecular complexity index is 1010. The minimum atomic E-state index is -0.299. The third-order valence-corrected chi connectivity index (χ3v) is 5.24. The molecule has 0 atom stereocenters. The van der Waals surface area contributed by atoms with Crippen LogP contribution in [0, 0.1) is 18.7 Å². The molecule has 0 bridgehead atoms. The Morgan fingerprint density at radius 1 is 1.20 bits per heavy atom. The van der Waals surface area contributed by atoms with Crippen LogP contribution in [0.5, 0.6) is 0 Å². The maximum Gasteiger partial charge on any atom is 0.309 e. The van der Waals surface area contributed by atoms with E-state index in [0.29, 0.717) is 23.6 Å². The molecule has 4 rings (SSSR count). The number of aromatic nitrogens is 3. The second-order valence-corrected chi connectivity index (χ2v) is 6.99. The van der Waals surface area contributed by atoms with Crippen LogP contribution in [-0.4, -0.2) is 40.3 Å². The SMILES string of the molecule is CC.CCOC(=O)C1CCN(c2nc(C)c(-c3ccccc3F)n3nccc23)CC1. The lowest BCUT2D eigenvalue weighted by atomic mass is 9.97. The number of aryl methyl sites for hydroxylation is 1. The molecule has 0 saturated carbocycles. The third kappa shape index (κ3) is 4.15. The molecule has 6 nitrogen and oxygen atoms in total. The second-order valence-electron chi connectivity index (χ2n) is 6.99.